The smallest absolute Gasteiger partial charge is 0.212 e. The molecule has 3 aromatic rings. The number of rotatable bonds is 11. The molecule has 0 aromatic heterocycles. The summed E-state index contributed by atoms with van der Waals surface area (Å²) in [5.74, 6) is 2.21. The van der Waals surface area contributed by atoms with E-state index in [-0.39, 0.29) is 11.1 Å². The van der Waals surface area contributed by atoms with Crippen LogP contribution in [0.4, 0.5) is 0 Å². The summed E-state index contributed by atoms with van der Waals surface area (Å²) < 4.78 is 18.7. The zero-order valence-electron chi connectivity index (χ0n) is 22.7. The van der Waals surface area contributed by atoms with Crippen LogP contribution in [0.5, 0.6) is 11.5 Å². The van der Waals surface area contributed by atoms with Crippen LogP contribution >= 0.6 is 0 Å². The quantitative estimate of drug-likeness (QED) is 0.158. The molecule has 2 unspecified atom stereocenters. The lowest BCUT2D eigenvalue weighted by atomic mass is 9.99. The SMILES string of the molecule is CCC(C)c1ccc(OC(CN2C(C)(C)C=CC2(C)C)OCCOc2ccc3ccccc3c2)cc1. The van der Waals surface area contributed by atoms with E-state index in [1.165, 1.54) is 16.3 Å². The number of hydrogen-bond donors (Lipinski definition) is 0. The first kappa shape index (κ1) is 26.2. The summed E-state index contributed by atoms with van der Waals surface area (Å²) in [6.45, 7) is 14.9. The Hall–Kier alpha value is -2.82. The van der Waals surface area contributed by atoms with E-state index in [2.05, 4.69) is 107 Å². The molecule has 4 heteroatoms. The highest BCUT2D eigenvalue weighted by Gasteiger charge is 2.41. The van der Waals surface area contributed by atoms with E-state index in [0.29, 0.717) is 25.7 Å². The monoisotopic (exact) mass is 487 g/mol. The third-order valence-corrected chi connectivity index (χ3v) is 7.33. The van der Waals surface area contributed by atoms with Gasteiger partial charge in [-0.05, 0) is 80.6 Å². The van der Waals surface area contributed by atoms with Gasteiger partial charge in [-0.15, -0.1) is 0 Å². The normalized spacial score (nSPS) is 18.3. The third kappa shape index (κ3) is 6.29. The lowest BCUT2D eigenvalue weighted by molar-refractivity contribution is -0.117. The van der Waals surface area contributed by atoms with Crippen molar-refractivity contribution in [2.75, 3.05) is 19.8 Å². The summed E-state index contributed by atoms with van der Waals surface area (Å²) in [5.41, 5.74) is 1.18. The number of ether oxygens (including phenoxy) is 3. The van der Waals surface area contributed by atoms with Crippen molar-refractivity contribution in [1.29, 1.82) is 0 Å². The number of benzene rings is 3. The van der Waals surface area contributed by atoms with Crippen molar-refractivity contribution in [2.24, 2.45) is 0 Å². The summed E-state index contributed by atoms with van der Waals surface area (Å²) in [6.07, 6.45) is 5.25. The molecule has 4 rings (SSSR count). The number of hydrogen-bond acceptors (Lipinski definition) is 4. The van der Waals surface area contributed by atoms with Crippen LogP contribution in [0.1, 0.15) is 59.4 Å². The van der Waals surface area contributed by atoms with E-state index in [4.69, 9.17) is 14.2 Å². The number of fused-ring (bicyclic) bond motifs is 1. The van der Waals surface area contributed by atoms with Crippen molar-refractivity contribution in [3.8, 4) is 11.5 Å². The molecular weight excluding hydrogens is 446 g/mol. The standard InChI is InChI=1S/C32H41NO3/c1-7-24(2)25-12-15-28(16-13-25)36-30(23-33-31(3,4)18-19-32(33,5)6)35-21-20-34-29-17-14-26-10-8-9-11-27(26)22-29/h8-19,22,24,30H,7,20-21,23H2,1-6H3. The van der Waals surface area contributed by atoms with Crippen LogP contribution in [-0.2, 0) is 4.74 Å². The lowest BCUT2D eigenvalue weighted by Crippen LogP contribution is -2.53. The van der Waals surface area contributed by atoms with Gasteiger partial charge in [0.25, 0.3) is 0 Å². The van der Waals surface area contributed by atoms with Crippen molar-refractivity contribution < 1.29 is 14.2 Å². The Labute approximate surface area is 216 Å². The van der Waals surface area contributed by atoms with Crippen molar-refractivity contribution >= 4 is 10.8 Å². The van der Waals surface area contributed by atoms with Gasteiger partial charge in [-0.1, -0.05) is 68.5 Å². The molecule has 0 saturated carbocycles. The molecule has 2 atom stereocenters. The highest BCUT2D eigenvalue weighted by Crippen LogP contribution is 2.35. The average molecular weight is 488 g/mol. The maximum absolute atomic E-state index is 6.39. The Morgan fingerprint density at radius 1 is 0.778 bits per heavy atom. The summed E-state index contributed by atoms with van der Waals surface area (Å²) in [6, 6.07) is 22.9. The Morgan fingerprint density at radius 2 is 1.42 bits per heavy atom. The van der Waals surface area contributed by atoms with E-state index in [1.807, 2.05) is 18.2 Å². The molecule has 0 amide bonds. The van der Waals surface area contributed by atoms with Gasteiger partial charge in [0.15, 0.2) is 0 Å². The van der Waals surface area contributed by atoms with E-state index in [9.17, 15) is 0 Å². The molecule has 4 nitrogen and oxygen atoms in total. The van der Waals surface area contributed by atoms with E-state index in [0.717, 1.165) is 17.9 Å². The Bertz CT molecular complexity index is 1150. The minimum atomic E-state index is -0.418. The first-order valence-corrected chi connectivity index (χ1v) is 13.2. The maximum atomic E-state index is 6.39. The van der Waals surface area contributed by atoms with Gasteiger partial charge in [-0.3, -0.25) is 4.90 Å². The first-order chi connectivity index (χ1) is 17.2. The van der Waals surface area contributed by atoms with Crippen LogP contribution < -0.4 is 9.47 Å². The molecule has 0 saturated heterocycles. The second-order valence-corrected chi connectivity index (χ2v) is 10.9. The largest absolute Gasteiger partial charge is 0.491 e. The first-order valence-electron chi connectivity index (χ1n) is 13.2. The van der Waals surface area contributed by atoms with Gasteiger partial charge in [0.2, 0.25) is 6.29 Å². The second-order valence-electron chi connectivity index (χ2n) is 10.9. The van der Waals surface area contributed by atoms with Gasteiger partial charge in [0.1, 0.15) is 18.1 Å². The van der Waals surface area contributed by atoms with Crippen molar-refractivity contribution in [3.63, 3.8) is 0 Å². The fourth-order valence-electron chi connectivity index (χ4n) is 4.93. The minimum absolute atomic E-state index is 0.0729. The van der Waals surface area contributed by atoms with E-state index < -0.39 is 6.29 Å². The molecule has 1 aliphatic rings. The molecule has 1 aliphatic heterocycles. The zero-order chi connectivity index (χ0) is 25.8. The van der Waals surface area contributed by atoms with Crippen molar-refractivity contribution in [1.82, 2.24) is 4.90 Å². The summed E-state index contributed by atoms with van der Waals surface area (Å²) in [4.78, 5) is 2.43. The lowest BCUT2D eigenvalue weighted by Gasteiger charge is -2.42. The number of nitrogens with zero attached hydrogens (tertiary/aromatic N) is 1. The van der Waals surface area contributed by atoms with Crippen LogP contribution in [0, 0.1) is 0 Å². The summed E-state index contributed by atoms with van der Waals surface area (Å²) in [5, 5.41) is 2.38. The fourth-order valence-corrected chi connectivity index (χ4v) is 4.93. The molecule has 36 heavy (non-hydrogen) atoms. The Morgan fingerprint density at radius 3 is 2.08 bits per heavy atom. The molecule has 0 radical (unpaired) electrons. The predicted molar refractivity (Wildman–Crippen MR) is 149 cm³/mol. The molecular formula is C32H41NO3. The molecule has 0 aliphatic carbocycles. The Balaban J connectivity index is 1.41. The van der Waals surface area contributed by atoms with Crippen LogP contribution in [0.2, 0.25) is 0 Å². The molecule has 0 N–H and O–H groups in total. The summed E-state index contributed by atoms with van der Waals surface area (Å²) in [7, 11) is 0. The van der Waals surface area contributed by atoms with E-state index in [1.54, 1.807) is 0 Å². The topological polar surface area (TPSA) is 30.9 Å². The second kappa shape index (κ2) is 11.1. The van der Waals surface area contributed by atoms with Crippen molar-refractivity contribution in [2.45, 2.75) is 71.2 Å². The van der Waals surface area contributed by atoms with Gasteiger partial charge in [0.05, 0.1) is 13.2 Å². The average Bonchev–Trinajstić information content (AvgIpc) is 3.08. The highest BCUT2D eigenvalue weighted by atomic mass is 16.7. The molecule has 1 heterocycles. The zero-order valence-corrected chi connectivity index (χ0v) is 22.7. The fraction of sp³-hybridized carbons (Fsp3) is 0.438. The van der Waals surface area contributed by atoms with Crippen LogP contribution in [0.15, 0.2) is 78.9 Å². The summed E-state index contributed by atoms with van der Waals surface area (Å²) >= 11 is 0. The maximum Gasteiger partial charge on any atom is 0.212 e. The van der Waals surface area contributed by atoms with Gasteiger partial charge >= 0.3 is 0 Å². The van der Waals surface area contributed by atoms with Crippen LogP contribution in [-0.4, -0.2) is 42.0 Å². The van der Waals surface area contributed by atoms with Crippen LogP contribution in [0.3, 0.4) is 0 Å². The molecule has 192 valence electrons. The molecule has 0 fully saturated rings. The van der Waals surface area contributed by atoms with E-state index >= 15 is 0 Å². The third-order valence-electron chi connectivity index (χ3n) is 7.33. The Kier molecular flexibility index (Phi) is 8.07. The highest BCUT2D eigenvalue weighted by molar-refractivity contribution is 5.83. The van der Waals surface area contributed by atoms with Gasteiger partial charge in [-0.25, -0.2) is 0 Å². The molecule has 0 spiro atoms. The molecule has 0 bridgehead atoms. The van der Waals surface area contributed by atoms with Gasteiger partial charge < -0.3 is 14.2 Å². The molecule has 3 aromatic carbocycles. The van der Waals surface area contributed by atoms with Crippen molar-refractivity contribution in [3.05, 3.63) is 84.4 Å². The van der Waals surface area contributed by atoms with Gasteiger partial charge in [-0.2, -0.15) is 0 Å². The van der Waals surface area contributed by atoms with Crippen LogP contribution in [0.25, 0.3) is 10.8 Å². The van der Waals surface area contributed by atoms with Gasteiger partial charge in [0, 0.05) is 11.1 Å². The predicted octanol–water partition coefficient (Wildman–Crippen LogP) is 7.58. The minimum Gasteiger partial charge on any atom is -0.491 e.